The summed E-state index contributed by atoms with van der Waals surface area (Å²) in [5.74, 6) is -0.368. The zero-order valence-electron chi connectivity index (χ0n) is 13.7. The Bertz CT molecular complexity index is 837. The molecule has 2 rings (SSSR count). The summed E-state index contributed by atoms with van der Waals surface area (Å²) in [6.45, 7) is 0.0674. The summed E-state index contributed by atoms with van der Waals surface area (Å²) in [5, 5.41) is 10.6. The molecule has 0 spiro atoms. The molecule has 0 unspecified atom stereocenters. The smallest absolute Gasteiger partial charge is 0.269 e. The van der Waals surface area contributed by atoms with Gasteiger partial charge in [0.2, 0.25) is 10.0 Å². The Hall–Kier alpha value is -2.36. The van der Waals surface area contributed by atoms with Crippen LogP contribution in [0.3, 0.4) is 0 Å². The van der Waals surface area contributed by atoms with Crippen LogP contribution in [-0.4, -0.2) is 38.9 Å². The Morgan fingerprint density at radius 2 is 1.68 bits per heavy atom. The first-order valence-electron chi connectivity index (χ1n) is 7.37. The minimum absolute atomic E-state index is 0.0605. The second-order valence-corrected chi connectivity index (χ2v) is 7.40. The van der Waals surface area contributed by atoms with Crippen LogP contribution in [0.25, 0.3) is 0 Å². The summed E-state index contributed by atoms with van der Waals surface area (Å²) in [6, 6.07) is 10.2. The summed E-state index contributed by atoms with van der Waals surface area (Å²) >= 11 is 0. The van der Waals surface area contributed by atoms with Crippen LogP contribution in [0.2, 0.25) is 0 Å². The number of non-ortho nitro benzene ring substituents is 1. The molecule has 0 aliphatic carbocycles. The highest BCUT2D eigenvalue weighted by molar-refractivity contribution is 7.89. The molecule has 9 heteroatoms. The van der Waals surface area contributed by atoms with Crippen LogP contribution in [-0.2, 0) is 10.0 Å². The van der Waals surface area contributed by atoms with Gasteiger partial charge in [0.05, 0.1) is 9.82 Å². The van der Waals surface area contributed by atoms with E-state index >= 15 is 0 Å². The minimum Gasteiger partial charge on any atom is -0.301 e. The Labute approximate surface area is 145 Å². The van der Waals surface area contributed by atoms with E-state index in [0.717, 1.165) is 17.7 Å². The van der Waals surface area contributed by atoms with E-state index in [1.54, 1.807) is 26.2 Å². The molecule has 0 radical (unpaired) electrons. The monoisotopic (exact) mass is 367 g/mol. The molecular formula is C16H18FN3O4S. The van der Waals surface area contributed by atoms with Crippen LogP contribution >= 0.6 is 0 Å². The molecule has 0 bridgehead atoms. The van der Waals surface area contributed by atoms with Crippen LogP contribution in [0.5, 0.6) is 0 Å². The molecular weight excluding hydrogens is 349 g/mol. The molecule has 0 aliphatic rings. The van der Waals surface area contributed by atoms with Gasteiger partial charge < -0.3 is 4.90 Å². The zero-order valence-corrected chi connectivity index (χ0v) is 14.5. The van der Waals surface area contributed by atoms with Crippen molar-refractivity contribution >= 4 is 15.7 Å². The number of sulfonamides is 1. The number of nitrogens with one attached hydrogen (secondary N) is 1. The van der Waals surface area contributed by atoms with E-state index in [1.807, 2.05) is 4.90 Å². The zero-order chi connectivity index (χ0) is 18.6. The number of rotatable bonds is 7. The van der Waals surface area contributed by atoms with Crippen LogP contribution in [0, 0.1) is 15.9 Å². The molecule has 0 saturated carbocycles. The normalized spacial score (nSPS) is 13.0. The summed E-state index contributed by atoms with van der Waals surface area (Å²) in [4.78, 5) is 11.8. The second kappa shape index (κ2) is 7.68. The highest BCUT2D eigenvalue weighted by Gasteiger charge is 2.20. The molecule has 1 atom stereocenters. The van der Waals surface area contributed by atoms with Crippen LogP contribution in [0.4, 0.5) is 10.1 Å². The third-order valence-electron chi connectivity index (χ3n) is 3.70. The van der Waals surface area contributed by atoms with Crippen molar-refractivity contribution in [3.05, 3.63) is 70.0 Å². The molecule has 0 saturated heterocycles. The molecule has 7 nitrogen and oxygen atoms in total. The molecule has 0 amide bonds. The summed E-state index contributed by atoms with van der Waals surface area (Å²) in [7, 11) is -0.249. The van der Waals surface area contributed by atoms with E-state index < -0.39 is 14.9 Å². The van der Waals surface area contributed by atoms with Crippen molar-refractivity contribution in [2.45, 2.75) is 10.9 Å². The minimum atomic E-state index is -3.82. The van der Waals surface area contributed by atoms with Crippen molar-refractivity contribution in [3.63, 3.8) is 0 Å². The van der Waals surface area contributed by atoms with Crippen LogP contribution in [0.15, 0.2) is 53.4 Å². The number of hydrogen-bond donors (Lipinski definition) is 1. The van der Waals surface area contributed by atoms with Gasteiger partial charge in [0.1, 0.15) is 5.82 Å². The van der Waals surface area contributed by atoms with Gasteiger partial charge in [-0.15, -0.1) is 0 Å². The third kappa shape index (κ3) is 4.81. The quantitative estimate of drug-likeness (QED) is 0.599. The van der Waals surface area contributed by atoms with Gasteiger partial charge >= 0.3 is 0 Å². The van der Waals surface area contributed by atoms with Gasteiger partial charge in [-0.05, 0) is 43.9 Å². The maximum atomic E-state index is 13.1. The van der Waals surface area contributed by atoms with Gasteiger partial charge in [-0.3, -0.25) is 10.1 Å². The summed E-state index contributed by atoms with van der Waals surface area (Å²) < 4.78 is 40.3. The van der Waals surface area contributed by atoms with Crippen LogP contribution in [0.1, 0.15) is 11.6 Å². The fraction of sp³-hybridized carbons (Fsp3) is 0.250. The van der Waals surface area contributed by atoms with Gasteiger partial charge in [-0.25, -0.2) is 17.5 Å². The molecule has 134 valence electrons. The van der Waals surface area contributed by atoms with Crippen molar-refractivity contribution in [2.75, 3.05) is 20.6 Å². The number of nitrogens with zero attached hydrogens (tertiary/aromatic N) is 2. The SMILES string of the molecule is CN(C)[C@@H](CNS(=O)(=O)c1ccc([N+](=O)[O-])cc1)c1ccc(F)cc1. The van der Waals surface area contributed by atoms with Gasteiger partial charge in [0.25, 0.3) is 5.69 Å². The van der Waals surface area contributed by atoms with E-state index in [1.165, 1.54) is 24.3 Å². The van der Waals surface area contributed by atoms with Crippen LogP contribution < -0.4 is 4.72 Å². The average Bonchev–Trinajstić information content (AvgIpc) is 2.56. The Balaban J connectivity index is 2.15. The highest BCUT2D eigenvalue weighted by Crippen LogP contribution is 2.20. The number of halogens is 1. The first-order chi connectivity index (χ1) is 11.7. The molecule has 2 aromatic rings. The summed E-state index contributed by atoms with van der Waals surface area (Å²) in [5.41, 5.74) is 0.578. The van der Waals surface area contributed by atoms with E-state index in [9.17, 15) is 22.9 Å². The first-order valence-corrected chi connectivity index (χ1v) is 8.85. The number of hydrogen-bond acceptors (Lipinski definition) is 5. The maximum absolute atomic E-state index is 13.1. The van der Waals surface area contributed by atoms with Gasteiger partial charge in [-0.1, -0.05) is 12.1 Å². The van der Waals surface area contributed by atoms with E-state index in [2.05, 4.69) is 4.72 Å². The Morgan fingerprint density at radius 1 is 1.12 bits per heavy atom. The lowest BCUT2D eigenvalue weighted by Crippen LogP contribution is -2.34. The largest absolute Gasteiger partial charge is 0.301 e. The number of nitro benzene ring substituents is 1. The molecule has 0 heterocycles. The van der Waals surface area contributed by atoms with Gasteiger partial charge in [0.15, 0.2) is 0 Å². The highest BCUT2D eigenvalue weighted by atomic mass is 32.2. The second-order valence-electron chi connectivity index (χ2n) is 5.63. The lowest BCUT2D eigenvalue weighted by Gasteiger charge is -2.25. The average molecular weight is 367 g/mol. The van der Waals surface area contributed by atoms with Crippen molar-refractivity contribution in [1.29, 1.82) is 0 Å². The fourth-order valence-electron chi connectivity index (χ4n) is 2.30. The Kier molecular flexibility index (Phi) is 5.83. The standard InChI is InChI=1S/C16H18FN3O4S/c1-19(2)16(12-3-5-13(17)6-4-12)11-18-25(23,24)15-9-7-14(8-10-15)20(21)22/h3-10,16,18H,11H2,1-2H3/t16-/m0/s1. The van der Waals surface area contributed by atoms with Crippen molar-refractivity contribution < 1.29 is 17.7 Å². The summed E-state index contributed by atoms with van der Waals surface area (Å²) in [6.07, 6.45) is 0. The molecule has 2 aromatic carbocycles. The molecule has 0 fully saturated rings. The van der Waals surface area contributed by atoms with E-state index in [4.69, 9.17) is 0 Å². The lowest BCUT2D eigenvalue weighted by atomic mass is 10.1. The molecule has 25 heavy (non-hydrogen) atoms. The number of likely N-dealkylation sites (N-methyl/N-ethyl adjacent to an activating group) is 1. The number of nitro groups is 1. The van der Waals surface area contributed by atoms with Gasteiger partial charge in [0, 0.05) is 24.7 Å². The predicted molar refractivity (Wildman–Crippen MR) is 91.1 cm³/mol. The first kappa shape index (κ1) is 19.0. The molecule has 0 aromatic heterocycles. The molecule has 1 N–H and O–H groups in total. The third-order valence-corrected chi connectivity index (χ3v) is 5.14. The van der Waals surface area contributed by atoms with E-state index in [0.29, 0.717) is 0 Å². The van der Waals surface area contributed by atoms with Gasteiger partial charge in [-0.2, -0.15) is 0 Å². The fourth-order valence-corrected chi connectivity index (χ4v) is 3.34. The van der Waals surface area contributed by atoms with Crippen molar-refractivity contribution in [2.24, 2.45) is 0 Å². The topological polar surface area (TPSA) is 92.6 Å². The maximum Gasteiger partial charge on any atom is 0.269 e. The Morgan fingerprint density at radius 3 is 2.16 bits per heavy atom. The lowest BCUT2D eigenvalue weighted by molar-refractivity contribution is -0.384. The van der Waals surface area contributed by atoms with E-state index in [-0.39, 0.29) is 29.0 Å². The van der Waals surface area contributed by atoms with Crippen molar-refractivity contribution in [3.8, 4) is 0 Å². The molecule has 0 aliphatic heterocycles. The predicted octanol–water partition coefficient (Wildman–Crippen LogP) is 2.32. The number of benzene rings is 2. The van der Waals surface area contributed by atoms with Crippen molar-refractivity contribution in [1.82, 2.24) is 9.62 Å².